The summed E-state index contributed by atoms with van der Waals surface area (Å²) in [4.78, 5) is 30.6. The van der Waals surface area contributed by atoms with Gasteiger partial charge in [0.2, 0.25) is 5.91 Å². The quantitative estimate of drug-likeness (QED) is 0.251. The topological polar surface area (TPSA) is 69.9 Å². The fraction of sp³-hybridized carbons (Fsp3) is 0.348. The third-order valence-electron chi connectivity index (χ3n) is 4.33. The monoisotopic (exact) mass is 458 g/mol. The Kier molecular flexibility index (Phi) is 8.73. The van der Waals surface area contributed by atoms with Gasteiger partial charge in [-0.2, -0.15) is 4.99 Å². The van der Waals surface area contributed by atoms with Crippen LogP contribution < -0.4 is 9.54 Å². The molecule has 2 aromatic carbocycles. The highest BCUT2D eigenvalue weighted by molar-refractivity contribution is 7.99. The van der Waals surface area contributed by atoms with Gasteiger partial charge in [-0.15, -0.1) is 11.8 Å². The summed E-state index contributed by atoms with van der Waals surface area (Å²) in [6, 6.07) is 15.8. The van der Waals surface area contributed by atoms with Crippen molar-refractivity contribution in [3.05, 3.63) is 53.3 Å². The molecule has 0 radical (unpaired) electrons. The van der Waals surface area contributed by atoms with Crippen molar-refractivity contribution in [3.8, 4) is 5.75 Å². The molecule has 0 atom stereocenters. The van der Waals surface area contributed by atoms with Gasteiger partial charge in [0.05, 0.1) is 23.4 Å². The Bertz CT molecular complexity index is 1090. The number of benzene rings is 2. The first-order valence-electron chi connectivity index (χ1n) is 10.3. The fourth-order valence-corrected chi connectivity index (χ4v) is 4.93. The number of thiazole rings is 1. The average Bonchev–Trinajstić information content (AvgIpc) is 3.08. The molecule has 0 aliphatic heterocycles. The molecule has 1 amide bonds. The molecule has 6 nitrogen and oxygen atoms in total. The van der Waals surface area contributed by atoms with Crippen LogP contribution in [0.15, 0.2) is 58.4 Å². The number of aromatic nitrogens is 1. The first kappa shape index (κ1) is 23.1. The standard InChI is InChI=1S/C23H26N2O4S2/c1-3-28-17-12-13-19-20(15-17)31-23(25(19)16-22(27)29-4-2)24-21(26)11-8-14-30-18-9-6-5-7-10-18/h5-7,9-10,12-13,15H,3-4,8,11,14,16H2,1-2H3. The maximum Gasteiger partial charge on any atom is 0.326 e. The lowest BCUT2D eigenvalue weighted by atomic mass is 10.3. The largest absolute Gasteiger partial charge is 0.494 e. The SMILES string of the molecule is CCOC(=O)Cn1c(=NC(=O)CCCSc2ccccc2)sc2cc(OCC)ccc21. The van der Waals surface area contributed by atoms with Gasteiger partial charge in [-0.3, -0.25) is 9.59 Å². The molecule has 1 heterocycles. The first-order valence-corrected chi connectivity index (χ1v) is 12.1. The van der Waals surface area contributed by atoms with Crippen molar-refractivity contribution in [2.75, 3.05) is 19.0 Å². The van der Waals surface area contributed by atoms with Gasteiger partial charge in [0.1, 0.15) is 12.3 Å². The molecule has 0 N–H and O–H groups in total. The van der Waals surface area contributed by atoms with Gasteiger partial charge in [-0.1, -0.05) is 29.5 Å². The number of carbonyl (C=O) groups excluding carboxylic acids is 2. The van der Waals surface area contributed by atoms with E-state index in [1.54, 1.807) is 23.3 Å². The number of ether oxygens (including phenoxy) is 2. The molecule has 0 saturated carbocycles. The lowest BCUT2D eigenvalue weighted by molar-refractivity contribution is -0.143. The maximum atomic E-state index is 12.5. The molecule has 3 rings (SSSR count). The minimum atomic E-state index is -0.357. The van der Waals surface area contributed by atoms with Crippen LogP contribution >= 0.6 is 23.1 Å². The highest BCUT2D eigenvalue weighted by atomic mass is 32.2. The van der Waals surface area contributed by atoms with Gasteiger partial charge in [0.15, 0.2) is 4.80 Å². The second kappa shape index (κ2) is 11.7. The summed E-state index contributed by atoms with van der Waals surface area (Å²) in [6.45, 7) is 4.58. The summed E-state index contributed by atoms with van der Waals surface area (Å²) in [5.41, 5.74) is 0.827. The van der Waals surface area contributed by atoms with Crippen LogP contribution in [0, 0.1) is 0 Å². The van der Waals surface area contributed by atoms with Crippen LogP contribution in [-0.2, 0) is 20.9 Å². The van der Waals surface area contributed by atoms with Crippen molar-refractivity contribution in [1.82, 2.24) is 4.57 Å². The van der Waals surface area contributed by atoms with E-state index in [-0.39, 0.29) is 18.4 Å². The molecule has 0 fully saturated rings. The van der Waals surface area contributed by atoms with Crippen LogP contribution in [0.25, 0.3) is 10.2 Å². The van der Waals surface area contributed by atoms with Crippen molar-refractivity contribution < 1.29 is 19.1 Å². The van der Waals surface area contributed by atoms with Crippen LogP contribution in [0.1, 0.15) is 26.7 Å². The highest BCUT2D eigenvalue weighted by Crippen LogP contribution is 2.24. The van der Waals surface area contributed by atoms with Crippen molar-refractivity contribution >= 4 is 45.2 Å². The molecule has 0 bridgehead atoms. The van der Waals surface area contributed by atoms with E-state index in [1.165, 1.54) is 16.2 Å². The third kappa shape index (κ3) is 6.70. The smallest absolute Gasteiger partial charge is 0.326 e. The normalized spacial score (nSPS) is 11.6. The average molecular weight is 459 g/mol. The Hall–Kier alpha value is -2.58. The number of hydrogen-bond acceptors (Lipinski definition) is 6. The van der Waals surface area contributed by atoms with Crippen LogP contribution in [0.4, 0.5) is 0 Å². The molecule has 3 aromatic rings. The van der Waals surface area contributed by atoms with Crippen LogP contribution in [0.3, 0.4) is 0 Å². The second-order valence-electron chi connectivity index (χ2n) is 6.61. The van der Waals surface area contributed by atoms with E-state index in [2.05, 4.69) is 17.1 Å². The second-order valence-corrected chi connectivity index (χ2v) is 8.79. The van der Waals surface area contributed by atoms with E-state index in [9.17, 15) is 9.59 Å². The lowest BCUT2D eigenvalue weighted by Crippen LogP contribution is -2.23. The summed E-state index contributed by atoms with van der Waals surface area (Å²) in [6.07, 6.45) is 1.09. The Balaban J connectivity index is 1.76. The zero-order valence-corrected chi connectivity index (χ0v) is 19.3. The molecule has 0 unspecified atom stereocenters. The molecule has 0 spiro atoms. The molecular formula is C23H26N2O4S2. The van der Waals surface area contributed by atoms with Crippen molar-refractivity contribution in [2.24, 2.45) is 4.99 Å². The molecule has 164 valence electrons. The molecular weight excluding hydrogens is 432 g/mol. The summed E-state index contributed by atoms with van der Waals surface area (Å²) in [5.74, 6) is 1.04. The highest BCUT2D eigenvalue weighted by Gasteiger charge is 2.13. The fourth-order valence-electron chi connectivity index (χ4n) is 2.98. The molecule has 0 aliphatic carbocycles. The van der Waals surface area contributed by atoms with E-state index in [1.807, 2.05) is 43.3 Å². The number of amides is 1. The number of esters is 1. The number of fused-ring (bicyclic) bond motifs is 1. The molecule has 0 aliphatic rings. The van der Waals surface area contributed by atoms with E-state index in [0.29, 0.717) is 24.4 Å². The predicted molar refractivity (Wildman–Crippen MR) is 125 cm³/mol. The van der Waals surface area contributed by atoms with Crippen LogP contribution in [0.2, 0.25) is 0 Å². The Morgan fingerprint density at radius 1 is 1.10 bits per heavy atom. The van der Waals surface area contributed by atoms with Gasteiger partial charge in [0.25, 0.3) is 0 Å². The minimum Gasteiger partial charge on any atom is -0.494 e. The zero-order valence-electron chi connectivity index (χ0n) is 17.7. The first-order chi connectivity index (χ1) is 15.1. The van der Waals surface area contributed by atoms with Gasteiger partial charge in [0, 0.05) is 11.3 Å². The summed E-state index contributed by atoms with van der Waals surface area (Å²) >= 11 is 3.10. The maximum absolute atomic E-state index is 12.5. The minimum absolute atomic E-state index is 0.0117. The summed E-state index contributed by atoms with van der Waals surface area (Å²) in [7, 11) is 0. The van der Waals surface area contributed by atoms with Crippen molar-refractivity contribution in [1.29, 1.82) is 0 Å². The van der Waals surface area contributed by atoms with Crippen molar-refractivity contribution in [3.63, 3.8) is 0 Å². The Labute approximate surface area is 189 Å². The predicted octanol–water partition coefficient (Wildman–Crippen LogP) is 4.66. The van der Waals surface area contributed by atoms with Gasteiger partial charge < -0.3 is 14.0 Å². The number of nitrogens with zero attached hydrogens (tertiary/aromatic N) is 2. The summed E-state index contributed by atoms with van der Waals surface area (Å²) in [5, 5.41) is 0. The molecule has 31 heavy (non-hydrogen) atoms. The third-order valence-corrected chi connectivity index (χ3v) is 6.46. The van der Waals surface area contributed by atoms with E-state index in [0.717, 1.165) is 28.1 Å². The van der Waals surface area contributed by atoms with Crippen molar-refractivity contribution in [2.45, 2.75) is 38.1 Å². The van der Waals surface area contributed by atoms with Gasteiger partial charge in [-0.05, 0) is 56.4 Å². The Morgan fingerprint density at radius 2 is 1.90 bits per heavy atom. The molecule has 8 heteroatoms. The van der Waals surface area contributed by atoms with Gasteiger partial charge in [-0.25, -0.2) is 0 Å². The molecule has 1 aromatic heterocycles. The van der Waals surface area contributed by atoms with Gasteiger partial charge >= 0.3 is 5.97 Å². The number of hydrogen-bond donors (Lipinski definition) is 0. The van der Waals surface area contributed by atoms with E-state index in [4.69, 9.17) is 9.47 Å². The summed E-state index contributed by atoms with van der Waals surface area (Å²) < 4.78 is 13.3. The number of carbonyl (C=O) groups is 2. The zero-order chi connectivity index (χ0) is 22.1. The van der Waals surface area contributed by atoms with Crippen LogP contribution in [0.5, 0.6) is 5.75 Å². The number of thioether (sulfide) groups is 1. The number of rotatable bonds is 10. The molecule has 0 saturated heterocycles. The Morgan fingerprint density at radius 3 is 2.65 bits per heavy atom. The van der Waals surface area contributed by atoms with Crippen LogP contribution in [-0.4, -0.2) is 35.4 Å². The van der Waals surface area contributed by atoms with E-state index >= 15 is 0 Å². The lowest BCUT2D eigenvalue weighted by Gasteiger charge is -2.06. The van der Waals surface area contributed by atoms with E-state index < -0.39 is 0 Å².